The third-order valence-electron chi connectivity index (χ3n) is 4.59. The molecule has 1 saturated heterocycles. The van der Waals surface area contributed by atoms with Crippen molar-refractivity contribution < 1.29 is 9.53 Å². The first kappa shape index (κ1) is 18.9. The molecular formula is C19H24ClN3O2S. The Morgan fingerprint density at radius 1 is 1.46 bits per heavy atom. The minimum Gasteiger partial charge on any atom is -0.495 e. The minimum absolute atomic E-state index is 0.00851. The highest BCUT2D eigenvalue weighted by atomic mass is 35.5. The van der Waals surface area contributed by atoms with Gasteiger partial charge in [0.1, 0.15) is 5.75 Å². The number of hydrogen-bond donors (Lipinski definition) is 1. The zero-order chi connectivity index (χ0) is 18.5. The second-order valence-electron chi connectivity index (χ2n) is 6.29. The fraction of sp³-hybridized carbons (Fsp3) is 0.421. The maximum atomic E-state index is 12.6. The van der Waals surface area contributed by atoms with Crippen LogP contribution in [0.3, 0.4) is 0 Å². The molecule has 5 nitrogen and oxygen atoms in total. The van der Waals surface area contributed by atoms with E-state index in [9.17, 15) is 4.79 Å². The Hall–Kier alpha value is -1.92. The molecular weight excluding hydrogens is 370 g/mol. The molecule has 7 heteroatoms. The van der Waals surface area contributed by atoms with Crippen LogP contribution >= 0.6 is 22.9 Å². The van der Waals surface area contributed by atoms with Gasteiger partial charge in [0.15, 0.2) is 0 Å². The average Bonchev–Trinajstić information content (AvgIpc) is 3.31. The molecule has 2 amide bonds. The van der Waals surface area contributed by atoms with E-state index < -0.39 is 0 Å². The molecule has 1 fully saturated rings. The van der Waals surface area contributed by atoms with Crippen LogP contribution in [0, 0.1) is 0 Å². The normalized spacial score (nSPS) is 16.6. The fourth-order valence-electron chi connectivity index (χ4n) is 3.19. The second-order valence-corrected chi connectivity index (χ2v) is 7.76. The first-order chi connectivity index (χ1) is 12.6. The lowest BCUT2D eigenvalue weighted by Gasteiger charge is -2.24. The standard InChI is InChI=1S/C19H24ClN3O2S/c1-3-22(13-16-5-4-10-26-16)19(24)21-15-8-9-23(12-15)17-11-14(20)6-7-18(17)25-2/h4-7,10-11,15H,3,8-9,12-13H2,1-2H3,(H,21,24)/t15-/m1/s1. The maximum absolute atomic E-state index is 12.6. The van der Waals surface area contributed by atoms with Crippen molar-refractivity contribution in [1.82, 2.24) is 10.2 Å². The van der Waals surface area contributed by atoms with Crippen molar-refractivity contribution in [2.24, 2.45) is 0 Å². The van der Waals surface area contributed by atoms with Crippen LogP contribution in [-0.2, 0) is 6.54 Å². The number of rotatable bonds is 6. The van der Waals surface area contributed by atoms with Crippen molar-refractivity contribution >= 4 is 34.7 Å². The number of nitrogens with one attached hydrogen (secondary N) is 1. The van der Waals surface area contributed by atoms with Gasteiger partial charge in [-0.1, -0.05) is 17.7 Å². The van der Waals surface area contributed by atoms with Gasteiger partial charge in [-0.2, -0.15) is 0 Å². The summed E-state index contributed by atoms with van der Waals surface area (Å²) in [6.07, 6.45) is 0.901. The molecule has 1 aromatic heterocycles. The monoisotopic (exact) mass is 393 g/mol. The number of thiophene rings is 1. The Morgan fingerprint density at radius 3 is 3.00 bits per heavy atom. The molecule has 0 aliphatic carbocycles. The van der Waals surface area contributed by atoms with Gasteiger partial charge in [0.05, 0.1) is 19.3 Å². The number of halogens is 1. The zero-order valence-corrected chi connectivity index (χ0v) is 16.6. The van der Waals surface area contributed by atoms with Gasteiger partial charge >= 0.3 is 6.03 Å². The van der Waals surface area contributed by atoms with E-state index in [1.165, 1.54) is 4.88 Å². The third-order valence-corrected chi connectivity index (χ3v) is 5.69. The molecule has 0 radical (unpaired) electrons. The predicted molar refractivity (Wildman–Crippen MR) is 108 cm³/mol. The van der Waals surface area contributed by atoms with E-state index in [0.29, 0.717) is 18.1 Å². The van der Waals surface area contributed by atoms with Crippen LogP contribution in [0.1, 0.15) is 18.2 Å². The number of urea groups is 1. The number of methoxy groups -OCH3 is 1. The van der Waals surface area contributed by atoms with Gasteiger partial charge in [0, 0.05) is 35.6 Å². The van der Waals surface area contributed by atoms with Crippen LogP contribution in [0.5, 0.6) is 5.75 Å². The first-order valence-electron chi connectivity index (χ1n) is 8.77. The van der Waals surface area contributed by atoms with E-state index >= 15 is 0 Å². The molecule has 140 valence electrons. The molecule has 1 aromatic carbocycles. The molecule has 1 atom stereocenters. The van der Waals surface area contributed by atoms with Crippen LogP contribution < -0.4 is 15.0 Å². The average molecular weight is 394 g/mol. The summed E-state index contributed by atoms with van der Waals surface area (Å²) >= 11 is 7.82. The number of benzene rings is 1. The quantitative estimate of drug-likeness (QED) is 0.799. The van der Waals surface area contributed by atoms with Crippen molar-refractivity contribution in [3.63, 3.8) is 0 Å². The molecule has 1 N–H and O–H groups in total. The lowest BCUT2D eigenvalue weighted by Crippen LogP contribution is -2.45. The van der Waals surface area contributed by atoms with E-state index in [4.69, 9.17) is 16.3 Å². The van der Waals surface area contributed by atoms with Crippen molar-refractivity contribution in [2.75, 3.05) is 31.6 Å². The largest absolute Gasteiger partial charge is 0.495 e. The smallest absolute Gasteiger partial charge is 0.317 e. The summed E-state index contributed by atoms with van der Waals surface area (Å²) in [5.74, 6) is 0.800. The van der Waals surface area contributed by atoms with Gasteiger partial charge in [-0.25, -0.2) is 4.79 Å². The molecule has 0 unspecified atom stereocenters. The van der Waals surface area contributed by atoms with E-state index in [1.807, 2.05) is 41.5 Å². The van der Waals surface area contributed by atoms with Crippen LogP contribution in [-0.4, -0.2) is 43.7 Å². The summed E-state index contributed by atoms with van der Waals surface area (Å²) in [6.45, 7) is 4.95. The van der Waals surface area contributed by atoms with E-state index in [2.05, 4.69) is 16.3 Å². The molecule has 1 aliphatic rings. The number of carbonyl (C=O) groups is 1. The highest BCUT2D eigenvalue weighted by Gasteiger charge is 2.27. The van der Waals surface area contributed by atoms with Gasteiger partial charge < -0.3 is 19.9 Å². The number of amides is 2. The third kappa shape index (κ3) is 4.43. The Kier molecular flexibility index (Phi) is 6.27. The van der Waals surface area contributed by atoms with Gasteiger partial charge in [-0.15, -0.1) is 11.3 Å². The van der Waals surface area contributed by atoms with Gasteiger partial charge in [0.25, 0.3) is 0 Å². The van der Waals surface area contributed by atoms with Gasteiger partial charge in [-0.05, 0) is 43.0 Å². The summed E-state index contributed by atoms with van der Waals surface area (Å²) in [4.78, 5) is 17.9. The van der Waals surface area contributed by atoms with E-state index in [-0.39, 0.29) is 12.1 Å². The number of anilines is 1. The van der Waals surface area contributed by atoms with Crippen LogP contribution in [0.25, 0.3) is 0 Å². The molecule has 3 rings (SSSR count). The van der Waals surface area contributed by atoms with E-state index in [1.54, 1.807) is 18.4 Å². The van der Waals surface area contributed by atoms with Crippen LogP contribution in [0.4, 0.5) is 10.5 Å². The fourth-order valence-corrected chi connectivity index (χ4v) is 4.08. The van der Waals surface area contributed by atoms with Crippen LogP contribution in [0.15, 0.2) is 35.7 Å². The minimum atomic E-state index is -0.00851. The Morgan fingerprint density at radius 2 is 2.31 bits per heavy atom. The number of ether oxygens (including phenoxy) is 1. The van der Waals surface area contributed by atoms with E-state index in [0.717, 1.165) is 30.9 Å². The topological polar surface area (TPSA) is 44.8 Å². The summed E-state index contributed by atoms with van der Waals surface area (Å²) < 4.78 is 5.45. The second kappa shape index (κ2) is 8.64. The number of hydrogen-bond acceptors (Lipinski definition) is 4. The number of carbonyl (C=O) groups excluding carboxylic acids is 1. The summed E-state index contributed by atoms with van der Waals surface area (Å²) in [7, 11) is 1.66. The molecule has 0 spiro atoms. The summed E-state index contributed by atoms with van der Waals surface area (Å²) in [5, 5.41) is 5.89. The molecule has 26 heavy (non-hydrogen) atoms. The highest BCUT2D eigenvalue weighted by Crippen LogP contribution is 2.33. The van der Waals surface area contributed by atoms with Gasteiger partial charge in [0.2, 0.25) is 0 Å². The molecule has 1 aliphatic heterocycles. The van der Waals surface area contributed by atoms with Crippen molar-refractivity contribution in [3.05, 3.63) is 45.6 Å². The molecule has 2 heterocycles. The Labute approximate surface area is 163 Å². The lowest BCUT2D eigenvalue weighted by molar-refractivity contribution is 0.195. The Bertz CT molecular complexity index is 738. The van der Waals surface area contributed by atoms with Crippen molar-refractivity contribution in [2.45, 2.75) is 25.9 Å². The van der Waals surface area contributed by atoms with Crippen molar-refractivity contribution in [1.29, 1.82) is 0 Å². The summed E-state index contributed by atoms with van der Waals surface area (Å²) in [6, 6.07) is 9.79. The maximum Gasteiger partial charge on any atom is 0.317 e. The highest BCUT2D eigenvalue weighted by molar-refractivity contribution is 7.09. The first-order valence-corrected chi connectivity index (χ1v) is 10.0. The molecule has 2 aromatic rings. The number of nitrogens with zero attached hydrogens (tertiary/aromatic N) is 2. The Balaban J connectivity index is 1.60. The van der Waals surface area contributed by atoms with Crippen LogP contribution in [0.2, 0.25) is 5.02 Å². The molecule has 0 saturated carbocycles. The summed E-state index contributed by atoms with van der Waals surface area (Å²) in [5.41, 5.74) is 0.975. The van der Waals surface area contributed by atoms with Gasteiger partial charge in [-0.3, -0.25) is 0 Å². The van der Waals surface area contributed by atoms with Crippen molar-refractivity contribution in [3.8, 4) is 5.75 Å². The zero-order valence-electron chi connectivity index (χ0n) is 15.1. The SMILES string of the molecule is CCN(Cc1cccs1)C(=O)N[C@@H]1CCN(c2cc(Cl)ccc2OC)C1. The lowest BCUT2D eigenvalue weighted by atomic mass is 10.2. The predicted octanol–water partition coefficient (Wildman–Crippen LogP) is 4.22. The molecule has 0 bridgehead atoms.